The minimum atomic E-state index is -0.494. The van der Waals surface area contributed by atoms with Crippen molar-refractivity contribution in [1.82, 2.24) is 20.1 Å². The molecule has 1 aromatic heterocycles. The maximum atomic E-state index is 12.6. The van der Waals surface area contributed by atoms with Crippen molar-refractivity contribution >= 4 is 11.8 Å². The van der Waals surface area contributed by atoms with Crippen molar-refractivity contribution in [2.24, 2.45) is 5.73 Å². The Hall–Kier alpha value is -2.70. The Bertz CT molecular complexity index is 779. The molecule has 2 heterocycles. The number of nitrogens with two attached hydrogens (primary N) is 1. The second-order valence-electron chi connectivity index (χ2n) is 6.45. The van der Waals surface area contributed by atoms with Crippen molar-refractivity contribution in [2.45, 2.75) is 37.6 Å². The largest absolute Gasteiger partial charge is 0.368 e. The van der Waals surface area contributed by atoms with Crippen LogP contribution in [0.25, 0.3) is 11.4 Å². The maximum Gasteiger partial charge on any atom is 0.254 e. The van der Waals surface area contributed by atoms with Crippen LogP contribution < -0.4 is 5.73 Å². The van der Waals surface area contributed by atoms with E-state index in [0.29, 0.717) is 30.3 Å². The fraction of sp³-hybridized carbons (Fsp3) is 0.412. The fourth-order valence-corrected chi connectivity index (χ4v) is 3.18. The molecule has 1 aromatic carbocycles. The molecule has 0 bridgehead atoms. The summed E-state index contributed by atoms with van der Waals surface area (Å²) in [6.07, 6.45) is 3.77. The highest BCUT2D eigenvalue weighted by Gasteiger charge is 2.33. The summed E-state index contributed by atoms with van der Waals surface area (Å²) in [5, 5.41) is 7.22. The maximum absolute atomic E-state index is 12.6. The molecule has 0 radical (unpaired) electrons. The number of nitrogens with zero attached hydrogens (tertiary/aromatic N) is 3. The lowest BCUT2D eigenvalue weighted by Crippen LogP contribution is -2.43. The highest BCUT2D eigenvalue weighted by molar-refractivity contribution is 5.98. The number of hydrogen-bond acceptors (Lipinski definition) is 4. The normalized spacial score (nSPS) is 20.3. The van der Waals surface area contributed by atoms with Crippen LogP contribution in [0.2, 0.25) is 0 Å². The summed E-state index contributed by atoms with van der Waals surface area (Å²) in [4.78, 5) is 30.1. The lowest BCUT2D eigenvalue weighted by atomic mass is 10.1. The van der Waals surface area contributed by atoms with E-state index in [1.54, 1.807) is 17.0 Å². The number of aromatic amines is 1. The van der Waals surface area contributed by atoms with Gasteiger partial charge in [0.15, 0.2) is 5.82 Å². The fourth-order valence-electron chi connectivity index (χ4n) is 3.18. The Morgan fingerprint density at radius 1 is 1.17 bits per heavy atom. The van der Waals surface area contributed by atoms with Crippen LogP contribution in [-0.2, 0) is 4.79 Å². The lowest BCUT2D eigenvalue weighted by Gasteiger charge is -2.22. The molecular formula is C17H19N5O2. The van der Waals surface area contributed by atoms with Gasteiger partial charge in [0.25, 0.3) is 5.91 Å². The molecule has 2 fully saturated rings. The molecule has 24 heavy (non-hydrogen) atoms. The van der Waals surface area contributed by atoms with E-state index in [4.69, 9.17) is 5.73 Å². The van der Waals surface area contributed by atoms with Gasteiger partial charge < -0.3 is 10.6 Å². The predicted octanol–water partition coefficient (Wildman–Crippen LogP) is 1.44. The number of likely N-dealkylation sites (tertiary alicyclic amines) is 1. The summed E-state index contributed by atoms with van der Waals surface area (Å²) in [7, 11) is 0. The molecule has 1 aliphatic carbocycles. The molecule has 4 rings (SSSR count). The minimum Gasteiger partial charge on any atom is -0.368 e. The quantitative estimate of drug-likeness (QED) is 0.887. The molecule has 1 saturated carbocycles. The Balaban J connectivity index is 1.52. The Kier molecular flexibility index (Phi) is 3.55. The Labute approximate surface area is 139 Å². The van der Waals surface area contributed by atoms with E-state index in [-0.39, 0.29) is 5.91 Å². The molecule has 124 valence electrons. The van der Waals surface area contributed by atoms with Crippen LogP contribution in [-0.4, -0.2) is 44.5 Å². The summed E-state index contributed by atoms with van der Waals surface area (Å²) in [5.74, 6) is 1.51. The number of benzene rings is 1. The van der Waals surface area contributed by atoms with Crippen LogP contribution in [0.4, 0.5) is 0 Å². The highest BCUT2D eigenvalue weighted by atomic mass is 16.2. The van der Waals surface area contributed by atoms with E-state index in [0.717, 1.165) is 17.8 Å². The molecule has 1 aliphatic heterocycles. The van der Waals surface area contributed by atoms with Crippen molar-refractivity contribution in [2.75, 3.05) is 6.54 Å². The van der Waals surface area contributed by atoms with Crippen LogP contribution in [0, 0.1) is 0 Å². The van der Waals surface area contributed by atoms with E-state index in [1.165, 1.54) is 12.8 Å². The van der Waals surface area contributed by atoms with Gasteiger partial charge >= 0.3 is 0 Å². The van der Waals surface area contributed by atoms with Crippen LogP contribution in [0.3, 0.4) is 0 Å². The number of carbonyl (C=O) groups excluding carboxylic acids is 2. The van der Waals surface area contributed by atoms with Gasteiger partial charge in [0.1, 0.15) is 11.9 Å². The zero-order chi connectivity index (χ0) is 16.7. The lowest BCUT2D eigenvalue weighted by molar-refractivity contribution is -0.121. The molecule has 2 aromatic rings. The number of rotatable bonds is 4. The molecule has 0 spiro atoms. The zero-order valence-electron chi connectivity index (χ0n) is 13.2. The molecular weight excluding hydrogens is 306 g/mol. The summed E-state index contributed by atoms with van der Waals surface area (Å²) >= 11 is 0. The number of nitrogens with one attached hydrogen (secondary N) is 1. The third kappa shape index (κ3) is 2.66. The summed E-state index contributed by atoms with van der Waals surface area (Å²) < 4.78 is 0. The smallest absolute Gasteiger partial charge is 0.254 e. The third-order valence-electron chi connectivity index (χ3n) is 4.70. The second kappa shape index (κ2) is 5.74. The van der Waals surface area contributed by atoms with E-state index >= 15 is 0 Å². The number of hydrogen-bond donors (Lipinski definition) is 2. The molecule has 3 N–H and O–H groups in total. The van der Waals surface area contributed by atoms with Crippen molar-refractivity contribution in [1.29, 1.82) is 0 Å². The standard InChI is InChI=1S/C17H19N5O2/c18-14(23)13-2-1-9-22(13)17(24)12-7-5-11(6-8-12)16-19-15(20-21-16)10-3-4-10/h5-8,10,13H,1-4,9H2,(H2,18,23)(H,19,20,21)/t13-/m1/s1. The van der Waals surface area contributed by atoms with E-state index in [1.807, 2.05) is 12.1 Å². The van der Waals surface area contributed by atoms with Gasteiger partial charge in [0, 0.05) is 23.6 Å². The van der Waals surface area contributed by atoms with Gasteiger partial charge in [-0.2, -0.15) is 5.10 Å². The number of H-pyrrole nitrogens is 1. The summed E-state index contributed by atoms with van der Waals surface area (Å²) in [5.41, 5.74) is 6.79. The van der Waals surface area contributed by atoms with Gasteiger partial charge in [-0.25, -0.2) is 4.98 Å². The van der Waals surface area contributed by atoms with Crippen LogP contribution in [0.1, 0.15) is 47.8 Å². The van der Waals surface area contributed by atoms with Crippen LogP contribution >= 0.6 is 0 Å². The summed E-state index contributed by atoms with van der Waals surface area (Å²) in [6, 6.07) is 6.68. The van der Waals surface area contributed by atoms with Crippen molar-refractivity contribution in [3.05, 3.63) is 35.7 Å². The first-order chi connectivity index (χ1) is 11.6. The number of aromatic nitrogens is 3. The molecule has 7 nitrogen and oxygen atoms in total. The van der Waals surface area contributed by atoms with Gasteiger partial charge in [0.05, 0.1) is 0 Å². The number of carbonyl (C=O) groups is 2. The summed E-state index contributed by atoms with van der Waals surface area (Å²) in [6.45, 7) is 0.569. The first-order valence-corrected chi connectivity index (χ1v) is 8.26. The molecule has 0 unspecified atom stereocenters. The minimum absolute atomic E-state index is 0.156. The van der Waals surface area contributed by atoms with Crippen molar-refractivity contribution < 1.29 is 9.59 Å². The number of primary amides is 1. The van der Waals surface area contributed by atoms with E-state index in [9.17, 15) is 9.59 Å². The topological polar surface area (TPSA) is 105 Å². The molecule has 2 aliphatic rings. The Morgan fingerprint density at radius 3 is 2.58 bits per heavy atom. The van der Waals surface area contributed by atoms with Gasteiger partial charge in [-0.15, -0.1) is 0 Å². The van der Waals surface area contributed by atoms with Crippen molar-refractivity contribution in [3.63, 3.8) is 0 Å². The van der Waals surface area contributed by atoms with Crippen LogP contribution in [0.5, 0.6) is 0 Å². The van der Waals surface area contributed by atoms with E-state index < -0.39 is 11.9 Å². The van der Waals surface area contributed by atoms with Gasteiger partial charge in [-0.1, -0.05) is 12.1 Å². The Morgan fingerprint density at radius 2 is 1.92 bits per heavy atom. The van der Waals surface area contributed by atoms with Gasteiger partial charge in [-0.05, 0) is 37.8 Å². The highest BCUT2D eigenvalue weighted by Crippen LogP contribution is 2.38. The third-order valence-corrected chi connectivity index (χ3v) is 4.70. The predicted molar refractivity (Wildman–Crippen MR) is 87.0 cm³/mol. The van der Waals surface area contributed by atoms with Gasteiger partial charge in [-0.3, -0.25) is 14.7 Å². The molecule has 1 atom stereocenters. The second-order valence-corrected chi connectivity index (χ2v) is 6.45. The van der Waals surface area contributed by atoms with Gasteiger partial charge in [0.2, 0.25) is 5.91 Å². The van der Waals surface area contributed by atoms with Crippen molar-refractivity contribution in [3.8, 4) is 11.4 Å². The van der Waals surface area contributed by atoms with E-state index in [2.05, 4.69) is 15.2 Å². The SMILES string of the molecule is NC(=O)[C@H]1CCCN1C(=O)c1ccc(-c2n[nH]c(C3CC3)n2)cc1. The first-order valence-electron chi connectivity index (χ1n) is 8.26. The monoisotopic (exact) mass is 325 g/mol. The average molecular weight is 325 g/mol. The molecule has 2 amide bonds. The first kappa shape index (κ1) is 14.9. The molecule has 7 heteroatoms. The number of amides is 2. The zero-order valence-corrected chi connectivity index (χ0v) is 13.2. The average Bonchev–Trinajstić information content (AvgIpc) is 3.13. The van der Waals surface area contributed by atoms with Crippen LogP contribution in [0.15, 0.2) is 24.3 Å². The molecule has 1 saturated heterocycles.